The first kappa shape index (κ1) is 17.1. The van der Waals surface area contributed by atoms with Crippen molar-refractivity contribution in [1.29, 1.82) is 0 Å². The van der Waals surface area contributed by atoms with E-state index in [-0.39, 0.29) is 0 Å². The fourth-order valence-corrected chi connectivity index (χ4v) is 3.83. The molecule has 1 aromatic heterocycles. The maximum atomic E-state index is 11.4. The molecule has 0 aliphatic carbocycles. The minimum atomic E-state index is -0.904. The Kier molecular flexibility index (Phi) is 5.63. The summed E-state index contributed by atoms with van der Waals surface area (Å²) in [6.07, 6.45) is 6.18. The molecule has 4 nitrogen and oxygen atoms in total. The molecule has 1 atom stereocenters. The number of nitrogens with zero attached hydrogens (tertiary/aromatic N) is 2. The third kappa shape index (κ3) is 4.22. The molecule has 1 aliphatic rings. The van der Waals surface area contributed by atoms with Gasteiger partial charge in [0.1, 0.15) is 0 Å². The van der Waals surface area contributed by atoms with E-state index in [0.29, 0.717) is 23.8 Å². The predicted molar refractivity (Wildman–Crippen MR) is 97.1 cm³/mol. The molecular formula is C19H21BrN2O2. The van der Waals surface area contributed by atoms with Gasteiger partial charge in [0.05, 0.1) is 11.3 Å². The first-order valence-electron chi connectivity index (χ1n) is 8.29. The van der Waals surface area contributed by atoms with Crippen LogP contribution in [0.3, 0.4) is 0 Å². The van der Waals surface area contributed by atoms with E-state index in [1.807, 2.05) is 6.07 Å². The van der Waals surface area contributed by atoms with E-state index in [0.717, 1.165) is 30.3 Å². The van der Waals surface area contributed by atoms with E-state index in [4.69, 9.17) is 0 Å². The molecule has 3 rings (SSSR count). The van der Waals surface area contributed by atoms with Crippen molar-refractivity contribution in [1.82, 2.24) is 9.88 Å². The van der Waals surface area contributed by atoms with Gasteiger partial charge in [-0.05, 0) is 55.6 Å². The van der Waals surface area contributed by atoms with Gasteiger partial charge in [-0.3, -0.25) is 9.88 Å². The van der Waals surface area contributed by atoms with Crippen LogP contribution in [-0.4, -0.2) is 33.5 Å². The zero-order valence-electron chi connectivity index (χ0n) is 13.5. The van der Waals surface area contributed by atoms with Gasteiger partial charge in [-0.15, -0.1) is 0 Å². The van der Waals surface area contributed by atoms with Gasteiger partial charge >= 0.3 is 5.97 Å². The quantitative estimate of drug-likeness (QED) is 0.835. The summed E-state index contributed by atoms with van der Waals surface area (Å²) in [6.45, 7) is 1.59. The van der Waals surface area contributed by atoms with Crippen LogP contribution in [0, 0.1) is 0 Å². The largest absolute Gasteiger partial charge is 0.478 e. The number of rotatable bonds is 5. The number of piperidine rings is 1. The van der Waals surface area contributed by atoms with Crippen molar-refractivity contribution < 1.29 is 9.90 Å². The van der Waals surface area contributed by atoms with E-state index >= 15 is 0 Å². The highest BCUT2D eigenvalue weighted by Crippen LogP contribution is 2.24. The molecule has 0 radical (unpaired) electrons. The number of likely N-dealkylation sites (tertiary alicyclic amines) is 1. The molecule has 5 heteroatoms. The summed E-state index contributed by atoms with van der Waals surface area (Å²) >= 11 is 3.53. The minimum absolute atomic E-state index is 0.310. The van der Waals surface area contributed by atoms with Gasteiger partial charge in [-0.25, -0.2) is 4.79 Å². The van der Waals surface area contributed by atoms with Crippen LogP contribution < -0.4 is 0 Å². The summed E-state index contributed by atoms with van der Waals surface area (Å²) in [5.74, 6) is -0.904. The first-order chi connectivity index (χ1) is 11.6. The number of carboxylic acid groups (broad SMARTS) is 1. The van der Waals surface area contributed by atoms with Crippen molar-refractivity contribution in [2.45, 2.75) is 38.3 Å². The highest BCUT2D eigenvalue weighted by atomic mass is 79.9. The van der Waals surface area contributed by atoms with Gasteiger partial charge in [0.25, 0.3) is 0 Å². The number of carboxylic acids is 1. The zero-order chi connectivity index (χ0) is 16.9. The molecule has 126 valence electrons. The molecule has 0 amide bonds. The lowest BCUT2D eigenvalue weighted by atomic mass is 9.95. The monoisotopic (exact) mass is 388 g/mol. The molecule has 2 aromatic rings. The smallest absolute Gasteiger partial charge is 0.337 e. The Morgan fingerprint density at radius 3 is 2.96 bits per heavy atom. The average Bonchev–Trinajstić information content (AvgIpc) is 2.57. The maximum absolute atomic E-state index is 11.4. The third-order valence-corrected chi connectivity index (χ3v) is 5.08. The van der Waals surface area contributed by atoms with Crippen LogP contribution in [0.1, 0.15) is 40.9 Å². The van der Waals surface area contributed by atoms with Crippen LogP contribution >= 0.6 is 15.9 Å². The number of benzene rings is 1. The lowest BCUT2D eigenvalue weighted by molar-refractivity contribution is 0.0691. The average molecular weight is 389 g/mol. The summed E-state index contributed by atoms with van der Waals surface area (Å²) < 4.78 is 1.10. The number of hydrogen-bond donors (Lipinski definition) is 1. The summed E-state index contributed by atoms with van der Waals surface area (Å²) in [6, 6.07) is 12.2. The fraction of sp³-hybridized carbons (Fsp3) is 0.368. The van der Waals surface area contributed by atoms with Gasteiger partial charge in [0, 0.05) is 23.3 Å². The van der Waals surface area contributed by atoms with Gasteiger partial charge in [0.15, 0.2) is 0 Å². The fourth-order valence-electron chi connectivity index (χ4n) is 3.39. The van der Waals surface area contributed by atoms with Gasteiger partial charge in [-0.2, -0.15) is 0 Å². The number of aromatic nitrogens is 1. The van der Waals surface area contributed by atoms with E-state index < -0.39 is 5.97 Å². The zero-order valence-corrected chi connectivity index (χ0v) is 15.1. The lowest BCUT2D eigenvalue weighted by Crippen LogP contribution is -2.40. The van der Waals surface area contributed by atoms with E-state index in [1.165, 1.54) is 12.0 Å². The molecule has 1 fully saturated rings. The number of halogens is 1. The van der Waals surface area contributed by atoms with Gasteiger partial charge < -0.3 is 5.11 Å². The van der Waals surface area contributed by atoms with Crippen molar-refractivity contribution in [2.24, 2.45) is 0 Å². The molecule has 24 heavy (non-hydrogen) atoms. The van der Waals surface area contributed by atoms with Crippen LogP contribution in [0.2, 0.25) is 0 Å². The Labute approximate surface area is 150 Å². The SMILES string of the molecule is O=C(O)c1cccnc1CN1CCCCC1Cc1cccc(Br)c1. The Morgan fingerprint density at radius 2 is 2.17 bits per heavy atom. The molecule has 2 heterocycles. The number of carbonyl (C=O) groups is 1. The van der Waals surface area contributed by atoms with Crippen molar-refractivity contribution >= 4 is 21.9 Å². The Balaban J connectivity index is 1.76. The van der Waals surface area contributed by atoms with Crippen LogP contribution in [-0.2, 0) is 13.0 Å². The number of hydrogen-bond acceptors (Lipinski definition) is 3. The van der Waals surface area contributed by atoms with Crippen LogP contribution in [0.5, 0.6) is 0 Å². The van der Waals surface area contributed by atoms with E-state index in [1.54, 1.807) is 18.3 Å². The van der Waals surface area contributed by atoms with Gasteiger partial charge in [-0.1, -0.05) is 34.5 Å². The van der Waals surface area contributed by atoms with E-state index in [9.17, 15) is 9.90 Å². The molecule has 0 spiro atoms. The highest BCUT2D eigenvalue weighted by Gasteiger charge is 2.24. The molecule has 0 bridgehead atoms. The van der Waals surface area contributed by atoms with Crippen molar-refractivity contribution in [3.63, 3.8) is 0 Å². The first-order valence-corrected chi connectivity index (χ1v) is 9.08. The second-order valence-corrected chi connectivity index (χ2v) is 7.17. The second-order valence-electron chi connectivity index (χ2n) is 6.26. The number of pyridine rings is 1. The molecular weight excluding hydrogens is 368 g/mol. The topological polar surface area (TPSA) is 53.4 Å². The Bertz CT molecular complexity index is 720. The Morgan fingerprint density at radius 1 is 1.29 bits per heavy atom. The molecule has 1 saturated heterocycles. The van der Waals surface area contributed by atoms with Crippen LogP contribution in [0.25, 0.3) is 0 Å². The van der Waals surface area contributed by atoms with Crippen molar-refractivity contribution in [3.05, 3.63) is 63.9 Å². The predicted octanol–water partition coefficient (Wildman–Crippen LogP) is 4.14. The van der Waals surface area contributed by atoms with Gasteiger partial charge in [0.2, 0.25) is 0 Å². The van der Waals surface area contributed by atoms with Crippen LogP contribution in [0.15, 0.2) is 47.1 Å². The standard InChI is InChI=1S/C19H21BrN2O2/c20-15-6-3-5-14(11-15)12-16-7-1-2-10-22(16)13-18-17(19(23)24)8-4-9-21-18/h3-6,8-9,11,16H,1-2,7,10,12-13H2,(H,23,24). The normalized spacial score (nSPS) is 18.5. The van der Waals surface area contributed by atoms with Crippen molar-refractivity contribution in [2.75, 3.05) is 6.54 Å². The molecule has 1 unspecified atom stereocenters. The summed E-state index contributed by atoms with van der Waals surface area (Å²) in [4.78, 5) is 18.1. The number of aromatic carboxylic acids is 1. The summed E-state index contributed by atoms with van der Waals surface area (Å²) in [5, 5.41) is 9.36. The minimum Gasteiger partial charge on any atom is -0.478 e. The second kappa shape index (κ2) is 7.90. The lowest BCUT2D eigenvalue weighted by Gasteiger charge is -2.36. The highest BCUT2D eigenvalue weighted by molar-refractivity contribution is 9.10. The molecule has 1 aliphatic heterocycles. The molecule has 1 N–H and O–H groups in total. The maximum Gasteiger partial charge on any atom is 0.337 e. The molecule has 1 aromatic carbocycles. The Hall–Kier alpha value is -1.72. The molecule has 0 saturated carbocycles. The van der Waals surface area contributed by atoms with Crippen molar-refractivity contribution in [3.8, 4) is 0 Å². The third-order valence-electron chi connectivity index (χ3n) is 4.58. The van der Waals surface area contributed by atoms with E-state index in [2.05, 4.69) is 44.0 Å². The summed E-state index contributed by atoms with van der Waals surface area (Å²) in [5.41, 5.74) is 2.27. The van der Waals surface area contributed by atoms with Crippen LogP contribution in [0.4, 0.5) is 0 Å². The summed E-state index contributed by atoms with van der Waals surface area (Å²) in [7, 11) is 0.